The molecule has 0 saturated carbocycles. The van der Waals surface area contributed by atoms with E-state index in [1.165, 1.54) is 0 Å². The van der Waals surface area contributed by atoms with Gasteiger partial charge in [-0.2, -0.15) is 0 Å². The van der Waals surface area contributed by atoms with Crippen LogP contribution in [0.5, 0.6) is 0 Å². The Balaban J connectivity index is 1.75. The fourth-order valence-corrected chi connectivity index (χ4v) is 5.10. The van der Waals surface area contributed by atoms with Gasteiger partial charge in [0, 0.05) is 21.9 Å². The van der Waals surface area contributed by atoms with Crippen LogP contribution in [-0.4, -0.2) is 15.0 Å². The molecule has 0 atom stereocenters. The minimum absolute atomic E-state index is 0.489. The molecule has 4 aromatic rings. The monoisotopic (exact) mass is 405 g/mol. The third-order valence-electron chi connectivity index (χ3n) is 3.83. The van der Waals surface area contributed by atoms with E-state index in [9.17, 15) is 0 Å². The summed E-state index contributed by atoms with van der Waals surface area (Å²) in [5.74, 6) is 0.761. The standard InChI is InChI=1S/C18H13Cl2N3S2/c1-9-7-10(2)21-17-13(9)14-15(25-17)16(20)23-18(22-14)24-8-11-3-5-12(19)6-4-11/h3-7H,8H2,1-2H3. The summed E-state index contributed by atoms with van der Waals surface area (Å²) in [7, 11) is 0. The lowest BCUT2D eigenvalue weighted by molar-refractivity contribution is 1.01. The predicted octanol–water partition coefficient (Wildman–Crippen LogP) is 6.46. The van der Waals surface area contributed by atoms with Gasteiger partial charge >= 0.3 is 0 Å². The number of pyridine rings is 1. The molecule has 0 aliphatic rings. The van der Waals surface area contributed by atoms with E-state index in [2.05, 4.69) is 23.0 Å². The van der Waals surface area contributed by atoms with Crippen LogP contribution in [0, 0.1) is 13.8 Å². The molecule has 0 saturated heterocycles. The fraction of sp³-hybridized carbons (Fsp3) is 0.167. The minimum Gasteiger partial charge on any atom is -0.242 e. The molecule has 25 heavy (non-hydrogen) atoms. The zero-order chi connectivity index (χ0) is 17.6. The van der Waals surface area contributed by atoms with Gasteiger partial charge in [-0.15, -0.1) is 11.3 Å². The Hall–Kier alpha value is -1.40. The van der Waals surface area contributed by atoms with Gasteiger partial charge in [0.15, 0.2) is 10.3 Å². The van der Waals surface area contributed by atoms with E-state index < -0.39 is 0 Å². The first-order valence-electron chi connectivity index (χ1n) is 7.62. The molecular weight excluding hydrogens is 393 g/mol. The van der Waals surface area contributed by atoms with Crippen molar-refractivity contribution in [2.75, 3.05) is 0 Å². The minimum atomic E-state index is 0.489. The molecule has 0 spiro atoms. The molecule has 4 rings (SSSR count). The highest BCUT2D eigenvalue weighted by Gasteiger charge is 2.16. The van der Waals surface area contributed by atoms with E-state index in [-0.39, 0.29) is 0 Å². The summed E-state index contributed by atoms with van der Waals surface area (Å²) in [5.41, 5.74) is 4.22. The second-order valence-corrected chi connectivity index (χ2v) is 8.49. The average Bonchev–Trinajstić information content (AvgIpc) is 2.93. The van der Waals surface area contributed by atoms with E-state index in [0.717, 1.165) is 48.0 Å². The zero-order valence-electron chi connectivity index (χ0n) is 13.5. The maximum atomic E-state index is 6.43. The van der Waals surface area contributed by atoms with E-state index in [1.807, 2.05) is 31.2 Å². The van der Waals surface area contributed by atoms with Crippen molar-refractivity contribution in [1.82, 2.24) is 15.0 Å². The molecule has 0 unspecified atom stereocenters. The number of thiophene rings is 1. The topological polar surface area (TPSA) is 38.7 Å². The van der Waals surface area contributed by atoms with Crippen molar-refractivity contribution in [2.24, 2.45) is 0 Å². The van der Waals surface area contributed by atoms with Gasteiger partial charge in [-0.25, -0.2) is 15.0 Å². The lowest BCUT2D eigenvalue weighted by Crippen LogP contribution is -1.90. The van der Waals surface area contributed by atoms with E-state index in [1.54, 1.807) is 23.1 Å². The van der Waals surface area contributed by atoms with Crippen LogP contribution >= 0.6 is 46.3 Å². The Morgan fingerprint density at radius 2 is 1.80 bits per heavy atom. The summed E-state index contributed by atoms with van der Waals surface area (Å²) in [6.07, 6.45) is 0. The first-order chi connectivity index (χ1) is 12.0. The Morgan fingerprint density at radius 3 is 2.56 bits per heavy atom. The molecule has 0 N–H and O–H groups in total. The Labute approximate surface area is 163 Å². The van der Waals surface area contributed by atoms with Crippen LogP contribution in [0.15, 0.2) is 35.5 Å². The molecule has 7 heteroatoms. The maximum Gasteiger partial charge on any atom is 0.189 e. The first kappa shape index (κ1) is 17.0. The second-order valence-electron chi connectivity index (χ2n) is 5.75. The first-order valence-corrected chi connectivity index (χ1v) is 10.2. The molecule has 1 aromatic carbocycles. The molecule has 126 valence electrons. The van der Waals surface area contributed by atoms with Gasteiger partial charge < -0.3 is 0 Å². The smallest absolute Gasteiger partial charge is 0.189 e. The number of thioether (sulfide) groups is 1. The number of rotatable bonds is 3. The number of aromatic nitrogens is 3. The Bertz CT molecular complexity index is 1090. The van der Waals surface area contributed by atoms with Gasteiger partial charge in [-0.3, -0.25) is 0 Å². The number of fused-ring (bicyclic) bond motifs is 3. The average molecular weight is 406 g/mol. The van der Waals surface area contributed by atoms with E-state index >= 15 is 0 Å². The largest absolute Gasteiger partial charge is 0.242 e. The summed E-state index contributed by atoms with van der Waals surface area (Å²) in [5, 5.41) is 2.97. The molecule has 0 amide bonds. The number of hydrogen-bond acceptors (Lipinski definition) is 5. The summed E-state index contributed by atoms with van der Waals surface area (Å²) in [6.45, 7) is 4.08. The SMILES string of the molecule is Cc1cc(C)c2c(n1)sc1c(Cl)nc(SCc3ccc(Cl)cc3)nc12. The lowest BCUT2D eigenvalue weighted by Gasteiger charge is -2.03. The van der Waals surface area contributed by atoms with E-state index in [4.69, 9.17) is 28.2 Å². The van der Waals surface area contributed by atoms with Crippen LogP contribution in [0.25, 0.3) is 20.4 Å². The number of benzene rings is 1. The fourth-order valence-electron chi connectivity index (χ4n) is 2.72. The normalized spacial score (nSPS) is 11.5. The van der Waals surface area contributed by atoms with Gasteiger partial charge in [-0.1, -0.05) is 47.1 Å². The van der Waals surface area contributed by atoms with Crippen molar-refractivity contribution in [2.45, 2.75) is 24.8 Å². The molecule has 0 aliphatic heterocycles. The maximum absolute atomic E-state index is 6.43. The highest BCUT2D eigenvalue weighted by molar-refractivity contribution is 7.98. The van der Waals surface area contributed by atoms with Crippen LogP contribution < -0.4 is 0 Å². The third kappa shape index (κ3) is 3.34. The highest BCUT2D eigenvalue weighted by atomic mass is 35.5. The van der Waals surface area contributed by atoms with Crippen molar-refractivity contribution >= 4 is 66.7 Å². The summed E-state index contributed by atoms with van der Waals surface area (Å²) < 4.78 is 0.897. The predicted molar refractivity (Wildman–Crippen MR) is 108 cm³/mol. The van der Waals surface area contributed by atoms with Crippen LogP contribution in [0.3, 0.4) is 0 Å². The number of aryl methyl sites for hydroxylation is 2. The molecule has 0 aliphatic carbocycles. The zero-order valence-corrected chi connectivity index (χ0v) is 16.7. The van der Waals surface area contributed by atoms with Crippen molar-refractivity contribution < 1.29 is 0 Å². The van der Waals surface area contributed by atoms with Crippen LogP contribution in [0.1, 0.15) is 16.8 Å². The third-order valence-corrected chi connectivity index (χ3v) is 6.47. The number of hydrogen-bond donors (Lipinski definition) is 0. The quantitative estimate of drug-likeness (QED) is 0.222. The molecule has 0 bridgehead atoms. The van der Waals surface area contributed by atoms with Crippen molar-refractivity contribution in [3.05, 3.63) is 57.3 Å². The molecular formula is C18H13Cl2N3S2. The molecule has 3 nitrogen and oxygen atoms in total. The van der Waals surface area contributed by atoms with E-state index in [0.29, 0.717) is 10.3 Å². The van der Waals surface area contributed by atoms with Gasteiger partial charge in [0.05, 0.1) is 10.2 Å². The number of nitrogens with zero attached hydrogens (tertiary/aromatic N) is 3. The van der Waals surface area contributed by atoms with Crippen molar-refractivity contribution in [3.8, 4) is 0 Å². The molecule has 3 aromatic heterocycles. The Kier molecular flexibility index (Phi) is 4.58. The van der Waals surface area contributed by atoms with Gasteiger partial charge in [0.2, 0.25) is 0 Å². The van der Waals surface area contributed by atoms with Crippen LogP contribution in [-0.2, 0) is 5.75 Å². The highest BCUT2D eigenvalue weighted by Crippen LogP contribution is 2.38. The van der Waals surface area contributed by atoms with Gasteiger partial charge in [0.1, 0.15) is 4.83 Å². The van der Waals surface area contributed by atoms with Crippen LogP contribution in [0.2, 0.25) is 10.2 Å². The Morgan fingerprint density at radius 1 is 1.04 bits per heavy atom. The van der Waals surface area contributed by atoms with Crippen molar-refractivity contribution in [3.63, 3.8) is 0 Å². The molecule has 3 heterocycles. The summed E-state index contributed by atoms with van der Waals surface area (Å²) in [6, 6.07) is 9.86. The van der Waals surface area contributed by atoms with Gasteiger partial charge in [0.25, 0.3) is 0 Å². The molecule has 0 fully saturated rings. The van der Waals surface area contributed by atoms with Crippen LogP contribution in [0.4, 0.5) is 0 Å². The van der Waals surface area contributed by atoms with Crippen molar-refractivity contribution in [1.29, 1.82) is 0 Å². The second kappa shape index (κ2) is 6.72. The number of halogens is 2. The molecule has 0 radical (unpaired) electrons. The lowest BCUT2D eigenvalue weighted by atomic mass is 10.1. The summed E-state index contributed by atoms with van der Waals surface area (Å²) >= 11 is 15.5. The van der Waals surface area contributed by atoms with Gasteiger partial charge in [-0.05, 0) is 43.2 Å². The summed E-state index contributed by atoms with van der Waals surface area (Å²) in [4.78, 5) is 14.8.